The van der Waals surface area contributed by atoms with Crippen molar-refractivity contribution in [1.82, 2.24) is 14.5 Å². The topological polar surface area (TPSA) is 85.9 Å². The largest absolute Gasteiger partial charge is 0.478 e. The second-order valence-corrected chi connectivity index (χ2v) is 6.24. The van der Waals surface area contributed by atoms with Gasteiger partial charge >= 0.3 is 5.69 Å². The van der Waals surface area contributed by atoms with Gasteiger partial charge in [-0.15, -0.1) is 0 Å². The molecule has 0 fully saturated rings. The molecule has 0 radical (unpaired) electrons. The number of aromatic amines is 1. The third-order valence-electron chi connectivity index (χ3n) is 4.46. The lowest BCUT2D eigenvalue weighted by Crippen LogP contribution is -2.17. The molecule has 3 N–H and O–H groups in total. The van der Waals surface area contributed by atoms with Crippen molar-refractivity contribution in [2.75, 3.05) is 12.3 Å². The highest BCUT2D eigenvalue weighted by Crippen LogP contribution is 2.23. The van der Waals surface area contributed by atoms with E-state index in [1.165, 1.54) is 5.56 Å². The molecule has 0 unspecified atom stereocenters. The van der Waals surface area contributed by atoms with Crippen LogP contribution in [0.1, 0.15) is 30.4 Å². The Kier molecular flexibility index (Phi) is 3.72. The van der Waals surface area contributed by atoms with Crippen molar-refractivity contribution in [2.24, 2.45) is 0 Å². The summed E-state index contributed by atoms with van der Waals surface area (Å²) in [7, 11) is 0. The molecule has 24 heavy (non-hydrogen) atoms. The maximum Gasteiger partial charge on any atom is 0.326 e. The predicted octanol–water partition coefficient (Wildman–Crippen LogP) is 2.46. The Balaban J connectivity index is 1.86. The summed E-state index contributed by atoms with van der Waals surface area (Å²) in [4.78, 5) is 19.4. The van der Waals surface area contributed by atoms with Gasteiger partial charge in [0.2, 0.25) is 5.88 Å². The minimum Gasteiger partial charge on any atom is -0.478 e. The number of nitrogen functional groups attached to an aromatic ring is 1. The number of ether oxygens (including phenoxy) is 1. The number of rotatable bonds is 0. The van der Waals surface area contributed by atoms with E-state index >= 15 is 0 Å². The Morgan fingerprint density at radius 3 is 2.96 bits per heavy atom. The molecule has 4 bridgehead atoms. The standard InChI is InChI=1S/C18H20N4O2/c19-17-16-14-10-15(20-17)24-8-3-1-2-5-12-6-4-7-13(9-12)11-22(14)18(23)21-16/h4,6-7,9-10H,1-3,5,8,11H2,(H2,19,20)(H,21,23). The van der Waals surface area contributed by atoms with E-state index in [2.05, 4.69) is 28.2 Å². The molecular weight excluding hydrogens is 304 g/mol. The van der Waals surface area contributed by atoms with E-state index in [1.807, 2.05) is 6.07 Å². The summed E-state index contributed by atoms with van der Waals surface area (Å²) in [6.07, 6.45) is 4.24. The van der Waals surface area contributed by atoms with Gasteiger partial charge in [-0.05, 0) is 36.8 Å². The lowest BCUT2D eigenvalue weighted by molar-refractivity contribution is 0.295. The maximum absolute atomic E-state index is 12.4. The number of nitrogens with zero attached hydrogens (tertiary/aromatic N) is 2. The van der Waals surface area contributed by atoms with Gasteiger partial charge in [0.15, 0.2) is 5.82 Å². The molecule has 0 aliphatic carbocycles. The van der Waals surface area contributed by atoms with Crippen molar-refractivity contribution in [1.29, 1.82) is 0 Å². The first-order valence-electron chi connectivity index (χ1n) is 8.30. The monoisotopic (exact) mass is 324 g/mol. The molecule has 6 heteroatoms. The zero-order valence-electron chi connectivity index (χ0n) is 13.4. The van der Waals surface area contributed by atoms with Crippen LogP contribution >= 0.6 is 0 Å². The Morgan fingerprint density at radius 2 is 2.04 bits per heavy atom. The average molecular weight is 324 g/mol. The van der Waals surface area contributed by atoms with E-state index in [-0.39, 0.29) is 5.69 Å². The Bertz CT molecular complexity index is 942. The third-order valence-corrected chi connectivity index (χ3v) is 4.46. The quantitative estimate of drug-likeness (QED) is 0.665. The number of fused-ring (bicyclic) bond motifs is 3. The van der Waals surface area contributed by atoms with Crippen LogP contribution in [0.15, 0.2) is 35.1 Å². The van der Waals surface area contributed by atoms with Gasteiger partial charge in [0, 0.05) is 6.07 Å². The molecule has 0 saturated carbocycles. The fourth-order valence-electron chi connectivity index (χ4n) is 3.23. The molecule has 124 valence electrons. The second-order valence-electron chi connectivity index (χ2n) is 6.24. The van der Waals surface area contributed by atoms with Gasteiger partial charge in [-0.1, -0.05) is 24.3 Å². The minimum atomic E-state index is -0.187. The van der Waals surface area contributed by atoms with Gasteiger partial charge in [-0.3, -0.25) is 4.57 Å². The number of nitrogens with one attached hydrogen (secondary N) is 1. The predicted molar refractivity (Wildman–Crippen MR) is 93.4 cm³/mol. The number of H-pyrrole nitrogens is 1. The number of aromatic nitrogens is 3. The zero-order chi connectivity index (χ0) is 16.5. The van der Waals surface area contributed by atoms with Gasteiger partial charge in [0.05, 0.1) is 18.7 Å². The van der Waals surface area contributed by atoms with Gasteiger partial charge in [-0.2, -0.15) is 4.98 Å². The van der Waals surface area contributed by atoms with Crippen LogP contribution in [0, 0.1) is 0 Å². The normalized spacial score (nSPS) is 15.2. The van der Waals surface area contributed by atoms with Gasteiger partial charge in [0.25, 0.3) is 0 Å². The number of benzene rings is 1. The molecule has 3 heterocycles. The Morgan fingerprint density at radius 1 is 1.17 bits per heavy atom. The fourth-order valence-corrected chi connectivity index (χ4v) is 3.23. The molecule has 0 spiro atoms. The summed E-state index contributed by atoms with van der Waals surface area (Å²) in [5.74, 6) is 0.762. The van der Waals surface area contributed by atoms with E-state index in [0.717, 1.165) is 36.8 Å². The summed E-state index contributed by atoms with van der Waals surface area (Å²) < 4.78 is 7.42. The third kappa shape index (κ3) is 2.75. The summed E-state index contributed by atoms with van der Waals surface area (Å²) in [5.41, 5.74) is 9.51. The van der Waals surface area contributed by atoms with Crippen LogP contribution in [0.25, 0.3) is 11.0 Å². The van der Waals surface area contributed by atoms with E-state index < -0.39 is 0 Å². The molecule has 1 aromatic carbocycles. The summed E-state index contributed by atoms with van der Waals surface area (Å²) >= 11 is 0. The maximum atomic E-state index is 12.4. The first kappa shape index (κ1) is 14.8. The Labute approximate surface area is 139 Å². The minimum absolute atomic E-state index is 0.187. The number of anilines is 1. The van der Waals surface area contributed by atoms with Crippen LogP contribution in [0.5, 0.6) is 5.88 Å². The molecule has 0 atom stereocenters. The number of imidazole rings is 1. The smallest absolute Gasteiger partial charge is 0.326 e. The highest BCUT2D eigenvalue weighted by Gasteiger charge is 2.13. The molecule has 0 saturated heterocycles. The van der Waals surface area contributed by atoms with E-state index in [0.29, 0.717) is 30.4 Å². The van der Waals surface area contributed by atoms with Crippen molar-refractivity contribution < 1.29 is 4.74 Å². The molecule has 0 amide bonds. The number of hydrogen-bond donors (Lipinski definition) is 2. The van der Waals surface area contributed by atoms with Crippen molar-refractivity contribution in [3.05, 3.63) is 51.9 Å². The first-order valence-corrected chi connectivity index (χ1v) is 8.30. The van der Waals surface area contributed by atoms with Gasteiger partial charge < -0.3 is 15.5 Å². The van der Waals surface area contributed by atoms with Gasteiger partial charge in [-0.25, -0.2) is 4.79 Å². The van der Waals surface area contributed by atoms with E-state index in [4.69, 9.17) is 10.5 Å². The number of pyridine rings is 1. The van der Waals surface area contributed by atoms with Crippen molar-refractivity contribution >= 4 is 16.9 Å². The van der Waals surface area contributed by atoms with Crippen LogP contribution in [-0.4, -0.2) is 21.1 Å². The van der Waals surface area contributed by atoms with Crippen LogP contribution in [0.2, 0.25) is 0 Å². The van der Waals surface area contributed by atoms with E-state index in [1.54, 1.807) is 10.6 Å². The van der Waals surface area contributed by atoms with Gasteiger partial charge in [0.1, 0.15) is 5.52 Å². The van der Waals surface area contributed by atoms with Crippen LogP contribution in [-0.2, 0) is 13.0 Å². The summed E-state index contributed by atoms with van der Waals surface area (Å²) in [6, 6.07) is 10.2. The molecule has 6 nitrogen and oxygen atoms in total. The number of nitrogens with two attached hydrogens (primary N) is 1. The Hall–Kier alpha value is -2.76. The fraction of sp³-hybridized carbons (Fsp3) is 0.333. The average Bonchev–Trinajstić information content (AvgIpc) is 2.88. The lowest BCUT2D eigenvalue weighted by atomic mass is 10.0. The number of hydrogen-bond acceptors (Lipinski definition) is 4. The van der Waals surface area contributed by atoms with Crippen molar-refractivity contribution in [2.45, 2.75) is 32.2 Å². The highest BCUT2D eigenvalue weighted by atomic mass is 16.5. The molecule has 4 rings (SSSR count). The SMILES string of the molecule is Nc1nc2cc3c1[nH]c(=O)n3Cc1cccc(c1)CCCCCO2. The summed E-state index contributed by atoms with van der Waals surface area (Å²) in [6.45, 7) is 1.10. The van der Waals surface area contributed by atoms with Crippen molar-refractivity contribution in [3.8, 4) is 5.88 Å². The molecular formula is C18H20N4O2. The zero-order valence-corrected chi connectivity index (χ0v) is 13.4. The molecule has 2 aromatic heterocycles. The van der Waals surface area contributed by atoms with Crippen LogP contribution in [0.4, 0.5) is 5.82 Å². The summed E-state index contributed by atoms with van der Waals surface area (Å²) in [5, 5.41) is 0. The number of aryl methyl sites for hydroxylation is 1. The highest BCUT2D eigenvalue weighted by molar-refractivity contribution is 5.85. The molecule has 3 aromatic rings. The van der Waals surface area contributed by atoms with E-state index in [9.17, 15) is 4.79 Å². The molecule has 1 aliphatic heterocycles. The van der Waals surface area contributed by atoms with Crippen LogP contribution < -0.4 is 16.2 Å². The van der Waals surface area contributed by atoms with Crippen molar-refractivity contribution in [3.63, 3.8) is 0 Å². The first-order chi connectivity index (χ1) is 11.7. The second kappa shape index (κ2) is 6.03. The lowest BCUT2D eigenvalue weighted by Gasteiger charge is -2.10. The van der Waals surface area contributed by atoms with Crippen LogP contribution in [0.3, 0.4) is 0 Å². The molecule has 1 aliphatic rings.